The first kappa shape index (κ1) is 23.2. The highest BCUT2D eigenvalue weighted by atomic mass is 16.5. The van der Waals surface area contributed by atoms with Gasteiger partial charge in [-0.25, -0.2) is 0 Å². The molecule has 162 valence electrons. The summed E-state index contributed by atoms with van der Waals surface area (Å²) in [7, 11) is 0. The number of ether oxygens (including phenoxy) is 2. The largest absolute Gasteiger partial charge is 0.465 e. The third-order valence-electron chi connectivity index (χ3n) is 7.39. The van der Waals surface area contributed by atoms with Gasteiger partial charge in [0.05, 0.1) is 13.2 Å². The van der Waals surface area contributed by atoms with Crippen molar-refractivity contribution in [2.75, 3.05) is 13.2 Å². The van der Waals surface area contributed by atoms with Crippen molar-refractivity contribution in [2.45, 2.75) is 91.9 Å². The molecule has 0 spiro atoms. The number of esters is 2. The van der Waals surface area contributed by atoms with Gasteiger partial charge in [0, 0.05) is 12.8 Å². The van der Waals surface area contributed by atoms with Crippen molar-refractivity contribution < 1.29 is 19.1 Å². The molecule has 0 aromatic heterocycles. The summed E-state index contributed by atoms with van der Waals surface area (Å²) < 4.78 is 10.9. The first-order valence-electron chi connectivity index (χ1n) is 11.7. The van der Waals surface area contributed by atoms with Gasteiger partial charge in [-0.2, -0.15) is 0 Å². The standard InChI is InChI=1S/C24H42O4/c1-17-9-11-21(13-19(17)3)15-27-23(25)7-5-6-8-24(26)28-16-22-12-10-18(2)20(4)14-22/h17-22H,5-16H2,1-4H3. The van der Waals surface area contributed by atoms with E-state index in [0.717, 1.165) is 23.7 Å². The van der Waals surface area contributed by atoms with Gasteiger partial charge in [0.1, 0.15) is 0 Å². The van der Waals surface area contributed by atoms with E-state index in [4.69, 9.17) is 9.47 Å². The lowest BCUT2D eigenvalue weighted by atomic mass is 9.76. The van der Waals surface area contributed by atoms with Crippen LogP contribution in [0.25, 0.3) is 0 Å². The Hall–Kier alpha value is -1.06. The molecule has 2 aliphatic carbocycles. The minimum Gasteiger partial charge on any atom is -0.465 e. The van der Waals surface area contributed by atoms with Gasteiger partial charge in [-0.05, 0) is 74.0 Å². The summed E-state index contributed by atoms with van der Waals surface area (Å²) in [6.07, 6.45) is 9.36. The van der Waals surface area contributed by atoms with Crippen LogP contribution in [0.3, 0.4) is 0 Å². The summed E-state index contributed by atoms with van der Waals surface area (Å²) in [6.45, 7) is 10.4. The summed E-state index contributed by atoms with van der Waals surface area (Å²) in [4.78, 5) is 23.9. The molecule has 2 fully saturated rings. The summed E-state index contributed by atoms with van der Waals surface area (Å²) >= 11 is 0. The molecule has 0 saturated heterocycles. The first-order valence-corrected chi connectivity index (χ1v) is 11.7. The van der Waals surface area contributed by atoms with Crippen LogP contribution in [0.15, 0.2) is 0 Å². The maximum absolute atomic E-state index is 11.9. The second-order valence-electron chi connectivity index (χ2n) is 9.84. The number of unbranched alkanes of at least 4 members (excludes halogenated alkanes) is 1. The van der Waals surface area contributed by atoms with E-state index in [-0.39, 0.29) is 11.9 Å². The number of hydrogen-bond donors (Lipinski definition) is 0. The zero-order valence-electron chi connectivity index (χ0n) is 18.6. The molecule has 0 aromatic carbocycles. The molecule has 0 aromatic rings. The van der Waals surface area contributed by atoms with E-state index in [2.05, 4.69) is 27.7 Å². The second kappa shape index (κ2) is 11.8. The highest BCUT2D eigenvalue weighted by Gasteiger charge is 2.26. The highest BCUT2D eigenvalue weighted by molar-refractivity contribution is 5.70. The fourth-order valence-electron chi connectivity index (χ4n) is 4.73. The topological polar surface area (TPSA) is 52.6 Å². The Bertz CT molecular complexity index is 445. The number of hydrogen-bond acceptors (Lipinski definition) is 4. The van der Waals surface area contributed by atoms with Crippen molar-refractivity contribution in [3.05, 3.63) is 0 Å². The molecular formula is C24H42O4. The van der Waals surface area contributed by atoms with Gasteiger partial charge in [0.25, 0.3) is 0 Å². The van der Waals surface area contributed by atoms with Crippen LogP contribution >= 0.6 is 0 Å². The number of carbonyl (C=O) groups excluding carboxylic acids is 2. The van der Waals surface area contributed by atoms with Crippen LogP contribution in [0.4, 0.5) is 0 Å². The molecule has 6 unspecified atom stereocenters. The average Bonchev–Trinajstić information content (AvgIpc) is 2.67. The second-order valence-corrected chi connectivity index (χ2v) is 9.84. The average molecular weight is 395 g/mol. The normalized spacial score (nSPS) is 33.3. The fourth-order valence-corrected chi connectivity index (χ4v) is 4.73. The molecule has 2 aliphatic rings. The van der Waals surface area contributed by atoms with E-state index in [1.54, 1.807) is 0 Å². The van der Waals surface area contributed by atoms with Crippen molar-refractivity contribution >= 4 is 11.9 Å². The van der Waals surface area contributed by atoms with Crippen molar-refractivity contribution in [3.63, 3.8) is 0 Å². The van der Waals surface area contributed by atoms with Crippen LogP contribution in [0.5, 0.6) is 0 Å². The monoisotopic (exact) mass is 394 g/mol. The number of carbonyl (C=O) groups is 2. The van der Waals surface area contributed by atoms with Crippen LogP contribution < -0.4 is 0 Å². The molecule has 0 heterocycles. The lowest BCUT2D eigenvalue weighted by Gasteiger charge is -2.31. The van der Waals surface area contributed by atoms with Crippen LogP contribution in [0, 0.1) is 35.5 Å². The molecule has 6 atom stereocenters. The Labute approximate surface area is 172 Å². The summed E-state index contributed by atoms with van der Waals surface area (Å²) in [5.74, 6) is 3.84. The Kier molecular flexibility index (Phi) is 9.81. The molecule has 2 saturated carbocycles. The summed E-state index contributed by atoms with van der Waals surface area (Å²) in [5, 5.41) is 0. The van der Waals surface area contributed by atoms with Gasteiger partial charge < -0.3 is 9.47 Å². The molecule has 2 rings (SSSR count). The van der Waals surface area contributed by atoms with Crippen molar-refractivity contribution in [1.82, 2.24) is 0 Å². The fraction of sp³-hybridized carbons (Fsp3) is 0.917. The highest BCUT2D eigenvalue weighted by Crippen LogP contribution is 2.34. The van der Waals surface area contributed by atoms with E-state index in [0.29, 0.717) is 50.7 Å². The van der Waals surface area contributed by atoms with Crippen molar-refractivity contribution in [1.29, 1.82) is 0 Å². The van der Waals surface area contributed by atoms with Gasteiger partial charge >= 0.3 is 11.9 Å². The third-order valence-corrected chi connectivity index (χ3v) is 7.39. The lowest BCUT2D eigenvalue weighted by Crippen LogP contribution is -2.25. The molecular weight excluding hydrogens is 352 g/mol. The zero-order chi connectivity index (χ0) is 20.5. The maximum atomic E-state index is 11.9. The lowest BCUT2D eigenvalue weighted by molar-refractivity contribution is -0.147. The van der Waals surface area contributed by atoms with Crippen molar-refractivity contribution in [2.24, 2.45) is 35.5 Å². The molecule has 28 heavy (non-hydrogen) atoms. The van der Waals surface area contributed by atoms with E-state index >= 15 is 0 Å². The molecule has 4 heteroatoms. The molecule has 0 radical (unpaired) electrons. The Balaban J connectivity index is 1.48. The van der Waals surface area contributed by atoms with Crippen LogP contribution in [0.1, 0.15) is 91.9 Å². The Morgan fingerprint density at radius 3 is 1.39 bits per heavy atom. The van der Waals surface area contributed by atoms with Crippen LogP contribution in [-0.2, 0) is 19.1 Å². The zero-order valence-corrected chi connectivity index (χ0v) is 18.6. The minimum absolute atomic E-state index is 0.120. The van der Waals surface area contributed by atoms with Gasteiger partial charge in [0.2, 0.25) is 0 Å². The van der Waals surface area contributed by atoms with Gasteiger partial charge in [-0.15, -0.1) is 0 Å². The molecule has 0 aliphatic heterocycles. The molecule has 0 bridgehead atoms. The van der Waals surface area contributed by atoms with E-state index in [1.165, 1.54) is 38.5 Å². The third kappa shape index (κ3) is 8.13. The Morgan fingerprint density at radius 1 is 0.643 bits per heavy atom. The molecule has 0 amide bonds. The van der Waals surface area contributed by atoms with Gasteiger partial charge in [-0.1, -0.05) is 40.5 Å². The van der Waals surface area contributed by atoms with E-state index in [1.807, 2.05) is 0 Å². The summed E-state index contributed by atoms with van der Waals surface area (Å²) in [6, 6.07) is 0. The molecule has 0 N–H and O–H groups in total. The smallest absolute Gasteiger partial charge is 0.305 e. The quantitative estimate of drug-likeness (QED) is 0.367. The predicted molar refractivity (Wildman–Crippen MR) is 112 cm³/mol. The van der Waals surface area contributed by atoms with Gasteiger partial charge in [0.15, 0.2) is 0 Å². The SMILES string of the molecule is CC1CCC(COC(=O)CCCCC(=O)OCC2CCC(C)C(C)C2)CC1C. The predicted octanol–water partition coefficient (Wildman–Crippen LogP) is 5.78. The number of rotatable bonds is 9. The van der Waals surface area contributed by atoms with E-state index in [9.17, 15) is 9.59 Å². The van der Waals surface area contributed by atoms with Crippen LogP contribution in [0.2, 0.25) is 0 Å². The van der Waals surface area contributed by atoms with Crippen LogP contribution in [-0.4, -0.2) is 25.2 Å². The van der Waals surface area contributed by atoms with Gasteiger partial charge in [-0.3, -0.25) is 9.59 Å². The summed E-state index contributed by atoms with van der Waals surface area (Å²) in [5.41, 5.74) is 0. The molecule has 4 nitrogen and oxygen atoms in total. The Morgan fingerprint density at radius 2 is 1.04 bits per heavy atom. The first-order chi connectivity index (χ1) is 13.3. The minimum atomic E-state index is -0.120. The maximum Gasteiger partial charge on any atom is 0.305 e. The van der Waals surface area contributed by atoms with Crippen molar-refractivity contribution in [3.8, 4) is 0 Å². The van der Waals surface area contributed by atoms with E-state index < -0.39 is 0 Å².